The number of nitrogens with zero attached hydrogens (tertiary/aromatic N) is 2. The Morgan fingerprint density at radius 1 is 1.18 bits per heavy atom. The molecule has 2 heterocycles. The van der Waals surface area contributed by atoms with Gasteiger partial charge in [-0.2, -0.15) is 0 Å². The number of aromatic nitrogens is 2. The zero-order valence-corrected chi connectivity index (χ0v) is 13.7. The molecule has 4 nitrogen and oxygen atoms in total. The fourth-order valence-corrected chi connectivity index (χ4v) is 3.80. The Labute approximate surface area is 136 Å². The third-order valence-corrected chi connectivity index (χ3v) is 5.14. The van der Waals surface area contributed by atoms with E-state index in [9.17, 15) is 4.79 Å². The van der Waals surface area contributed by atoms with E-state index in [-0.39, 0.29) is 11.8 Å². The van der Waals surface area contributed by atoms with Crippen molar-refractivity contribution in [1.29, 1.82) is 0 Å². The third-order valence-electron chi connectivity index (χ3n) is 3.31. The average molecular weight is 329 g/mol. The molecule has 1 atom stereocenters. The molecule has 1 amide bonds. The molecule has 0 aliphatic heterocycles. The van der Waals surface area contributed by atoms with E-state index in [2.05, 4.69) is 34.6 Å². The highest BCUT2D eigenvalue weighted by atomic mass is 32.1. The SMILES string of the molecule is CC[C@H](c1ccccc1)c1nnc(NC(=O)c2cccs2)s1. The molecule has 0 fully saturated rings. The summed E-state index contributed by atoms with van der Waals surface area (Å²) >= 11 is 2.85. The molecule has 0 aliphatic carbocycles. The molecule has 0 aliphatic rings. The van der Waals surface area contributed by atoms with Crippen LogP contribution in [-0.2, 0) is 0 Å². The Kier molecular flexibility index (Phi) is 4.60. The van der Waals surface area contributed by atoms with Crippen molar-refractivity contribution in [3.8, 4) is 0 Å². The first-order valence-corrected chi connectivity index (χ1v) is 8.70. The van der Waals surface area contributed by atoms with Crippen molar-refractivity contribution in [2.24, 2.45) is 0 Å². The van der Waals surface area contributed by atoms with Crippen LogP contribution in [-0.4, -0.2) is 16.1 Å². The van der Waals surface area contributed by atoms with E-state index in [4.69, 9.17) is 0 Å². The van der Waals surface area contributed by atoms with Crippen LogP contribution in [0.4, 0.5) is 5.13 Å². The van der Waals surface area contributed by atoms with Crippen LogP contribution in [0.25, 0.3) is 0 Å². The molecule has 3 aromatic rings. The first kappa shape index (κ1) is 14.9. The Morgan fingerprint density at radius 2 is 2.00 bits per heavy atom. The Balaban J connectivity index is 1.77. The maximum atomic E-state index is 12.0. The lowest BCUT2D eigenvalue weighted by Gasteiger charge is -2.10. The lowest BCUT2D eigenvalue weighted by molar-refractivity contribution is 0.103. The summed E-state index contributed by atoms with van der Waals surface area (Å²) in [5, 5.41) is 14.5. The van der Waals surface area contributed by atoms with Gasteiger partial charge >= 0.3 is 0 Å². The molecule has 2 aromatic heterocycles. The monoisotopic (exact) mass is 329 g/mol. The minimum absolute atomic E-state index is 0.134. The summed E-state index contributed by atoms with van der Waals surface area (Å²) in [5.41, 5.74) is 1.22. The van der Waals surface area contributed by atoms with Crippen molar-refractivity contribution < 1.29 is 4.79 Å². The quantitative estimate of drug-likeness (QED) is 0.755. The van der Waals surface area contributed by atoms with E-state index in [1.807, 2.05) is 29.6 Å². The number of anilines is 1. The van der Waals surface area contributed by atoms with Gasteiger partial charge in [-0.3, -0.25) is 10.1 Å². The molecular weight excluding hydrogens is 314 g/mol. The van der Waals surface area contributed by atoms with Gasteiger partial charge in [-0.25, -0.2) is 0 Å². The Bertz CT molecular complexity index is 738. The fourth-order valence-electron chi connectivity index (χ4n) is 2.23. The van der Waals surface area contributed by atoms with E-state index in [0.29, 0.717) is 10.0 Å². The van der Waals surface area contributed by atoms with E-state index in [1.165, 1.54) is 28.2 Å². The highest BCUT2D eigenvalue weighted by Gasteiger charge is 2.18. The molecule has 1 N–H and O–H groups in total. The van der Waals surface area contributed by atoms with E-state index in [1.54, 1.807) is 6.07 Å². The minimum atomic E-state index is -0.134. The second-order valence-corrected chi connectivity index (χ2v) is 6.71. The van der Waals surface area contributed by atoms with Crippen molar-refractivity contribution in [3.63, 3.8) is 0 Å². The molecule has 1 aromatic carbocycles. The van der Waals surface area contributed by atoms with E-state index in [0.717, 1.165) is 11.4 Å². The van der Waals surface area contributed by atoms with Crippen LogP contribution in [0.1, 0.15) is 39.5 Å². The molecule has 0 radical (unpaired) electrons. The Morgan fingerprint density at radius 3 is 2.68 bits per heavy atom. The van der Waals surface area contributed by atoms with Gasteiger partial charge in [-0.05, 0) is 23.4 Å². The van der Waals surface area contributed by atoms with Gasteiger partial charge in [0.2, 0.25) is 5.13 Å². The molecule has 0 bridgehead atoms. The van der Waals surface area contributed by atoms with Crippen LogP contribution in [0, 0.1) is 0 Å². The highest BCUT2D eigenvalue weighted by molar-refractivity contribution is 7.15. The fraction of sp³-hybridized carbons (Fsp3) is 0.188. The summed E-state index contributed by atoms with van der Waals surface area (Å²) in [7, 11) is 0. The molecule has 0 unspecified atom stereocenters. The number of carbonyl (C=O) groups excluding carboxylic acids is 1. The van der Waals surface area contributed by atoms with Gasteiger partial charge in [0.05, 0.1) is 4.88 Å². The number of thiophene rings is 1. The minimum Gasteiger partial charge on any atom is -0.296 e. The number of rotatable bonds is 5. The standard InChI is InChI=1S/C16H15N3OS2/c1-2-12(11-7-4-3-5-8-11)15-18-19-16(22-15)17-14(20)13-9-6-10-21-13/h3-10,12H,2H2,1H3,(H,17,19,20)/t12-/m1/s1. The molecule has 112 valence electrons. The normalized spacial score (nSPS) is 12.0. The van der Waals surface area contributed by atoms with Crippen molar-refractivity contribution in [3.05, 3.63) is 63.3 Å². The van der Waals surface area contributed by atoms with Crippen LogP contribution < -0.4 is 5.32 Å². The van der Waals surface area contributed by atoms with Crippen molar-refractivity contribution in [2.45, 2.75) is 19.3 Å². The number of hydrogen-bond acceptors (Lipinski definition) is 5. The van der Waals surface area contributed by atoms with Crippen LogP contribution in [0.3, 0.4) is 0 Å². The number of carbonyl (C=O) groups is 1. The summed E-state index contributed by atoms with van der Waals surface area (Å²) in [6, 6.07) is 13.9. The maximum absolute atomic E-state index is 12.0. The van der Waals surface area contributed by atoms with Crippen molar-refractivity contribution >= 4 is 33.7 Å². The van der Waals surface area contributed by atoms with Crippen LogP contribution in [0.2, 0.25) is 0 Å². The van der Waals surface area contributed by atoms with Gasteiger partial charge in [-0.1, -0.05) is 54.7 Å². The second kappa shape index (κ2) is 6.81. The number of amides is 1. The van der Waals surface area contributed by atoms with Crippen molar-refractivity contribution in [1.82, 2.24) is 10.2 Å². The van der Waals surface area contributed by atoms with Gasteiger partial charge in [0.15, 0.2) is 0 Å². The summed E-state index contributed by atoms with van der Waals surface area (Å²) < 4.78 is 0. The van der Waals surface area contributed by atoms with Gasteiger partial charge in [0, 0.05) is 5.92 Å². The second-order valence-electron chi connectivity index (χ2n) is 4.75. The third kappa shape index (κ3) is 3.23. The zero-order valence-electron chi connectivity index (χ0n) is 12.0. The van der Waals surface area contributed by atoms with Gasteiger partial charge in [0.1, 0.15) is 5.01 Å². The first-order chi connectivity index (χ1) is 10.8. The summed E-state index contributed by atoms with van der Waals surface area (Å²) in [6.45, 7) is 2.13. The molecule has 0 saturated carbocycles. The van der Waals surface area contributed by atoms with Gasteiger partial charge in [-0.15, -0.1) is 21.5 Å². The highest BCUT2D eigenvalue weighted by Crippen LogP contribution is 2.31. The predicted molar refractivity (Wildman–Crippen MR) is 90.8 cm³/mol. The predicted octanol–water partition coefficient (Wildman–Crippen LogP) is 4.39. The van der Waals surface area contributed by atoms with Crippen LogP contribution >= 0.6 is 22.7 Å². The number of nitrogens with one attached hydrogen (secondary N) is 1. The number of benzene rings is 1. The first-order valence-electron chi connectivity index (χ1n) is 7.01. The molecule has 0 spiro atoms. The lowest BCUT2D eigenvalue weighted by Crippen LogP contribution is -2.09. The topological polar surface area (TPSA) is 54.9 Å². The van der Waals surface area contributed by atoms with Crippen LogP contribution in [0.15, 0.2) is 47.8 Å². The maximum Gasteiger partial charge on any atom is 0.267 e. The van der Waals surface area contributed by atoms with Crippen LogP contribution in [0.5, 0.6) is 0 Å². The number of hydrogen-bond donors (Lipinski definition) is 1. The molecule has 3 rings (SSSR count). The van der Waals surface area contributed by atoms with Crippen molar-refractivity contribution in [2.75, 3.05) is 5.32 Å². The van der Waals surface area contributed by atoms with E-state index >= 15 is 0 Å². The summed E-state index contributed by atoms with van der Waals surface area (Å²) in [6.07, 6.45) is 0.942. The largest absolute Gasteiger partial charge is 0.296 e. The Hall–Kier alpha value is -2.05. The smallest absolute Gasteiger partial charge is 0.267 e. The summed E-state index contributed by atoms with van der Waals surface area (Å²) in [4.78, 5) is 12.7. The molecule has 22 heavy (non-hydrogen) atoms. The molecular formula is C16H15N3OS2. The van der Waals surface area contributed by atoms with Gasteiger partial charge in [0.25, 0.3) is 5.91 Å². The van der Waals surface area contributed by atoms with Gasteiger partial charge < -0.3 is 0 Å². The average Bonchev–Trinajstić information content (AvgIpc) is 3.21. The van der Waals surface area contributed by atoms with E-state index < -0.39 is 0 Å². The molecule has 0 saturated heterocycles. The zero-order chi connectivity index (χ0) is 15.4. The molecule has 6 heteroatoms. The summed E-state index contributed by atoms with van der Waals surface area (Å²) in [5.74, 6) is 0.0801. The lowest BCUT2D eigenvalue weighted by atomic mass is 9.97.